The first-order valence-corrected chi connectivity index (χ1v) is 10.7. The number of rotatable bonds is 4. The van der Waals surface area contributed by atoms with Gasteiger partial charge in [0.05, 0.1) is 12.6 Å². The van der Waals surface area contributed by atoms with Gasteiger partial charge >= 0.3 is 0 Å². The number of hydrogen-bond acceptors (Lipinski definition) is 4. The third-order valence-electron chi connectivity index (χ3n) is 6.02. The van der Waals surface area contributed by atoms with E-state index in [1.54, 1.807) is 0 Å². The number of ether oxygens (including phenoxy) is 1. The molecule has 0 N–H and O–H groups in total. The summed E-state index contributed by atoms with van der Waals surface area (Å²) in [6.45, 7) is 10.9. The molecule has 2 aliphatic heterocycles. The van der Waals surface area contributed by atoms with Crippen LogP contribution >= 0.6 is 0 Å². The molecule has 2 unspecified atom stereocenters. The summed E-state index contributed by atoms with van der Waals surface area (Å²) in [7, 11) is 0. The molecular weight excluding hydrogens is 362 g/mol. The van der Waals surface area contributed by atoms with Gasteiger partial charge in [-0.05, 0) is 43.3 Å². The average Bonchev–Trinajstić information content (AvgIpc) is 2.79. The van der Waals surface area contributed by atoms with E-state index in [4.69, 9.17) is 4.74 Å². The predicted molar refractivity (Wildman–Crippen MR) is 116 cm³/mol. The molecule has 0 aliphatic carbocycles. The molecule has 0 aromatic heterocycles. The summed E-state index contributed by atoms with van der Waals surface area (Å²) in [6, 6.07) is 18.3. The highest BCUT2D eigenvalue weighted by Gasteiger charge is 2.30. The van der Waals surface area contributed by atoms with Crippen molar-refractivity contribution in [2.75, 3.05) is 50.7 Å². The van der Waals surface area contributed by atoms with Crippen molar-refractivity contribution in [1.82, 2.24) is 9.80 Å². The molecule has 1 amide bonds. The van der Waals surface area contributed by atoms with Crippen LogP contribution in [0.4, 0.5) is 5.69 Å². The van der Waals surface area contributed by atoms with Crippen LogP contribution in [0.3, 0.4) is 0 Å². The molecule has 0 radical (unpaired) electrons. The number of likely N-dealkylation sites (N-methyl/N-ethyl adjacent to an activating group) is 1. The lowest BCUT2D eigenvalue weighted by Gasteiger charge is -2.37. The molecule has 0 spiro atoms. The molecule has 2 aromatic carbocycles. The fraction of sp³-hybridized carbons (Fsp3) is 0.458. The van der Waals surface area contributed by atoms with Crippen molar-refractivity contribution < 1.29 is 9.53 Å². The van der Waals surface area contributed by atoms with Crippen LogP contribution in [0.15, 0.2) is 54.6 Å². The number of carbonyl (C=O) groups excluding carboxylic acids is 1. The number of piperazine rings is 1. The third kappa shape index (κ3) is 4.62. The molecule has 5 heteroatoms. The second-order valence-electron chi connectivity index (χ2n) is 8.02. The number of nitrogens with zero attached hydrogens (tertiary/aromatic N) is 3. The Labute approximate surface area is 173 Å². The Hall–Kier alpha value is -2.37. The number of benzene rings is 2. The van der Waals surface area contributed by atoms with Crippen LogP contribution < -0.4 is 4.90 Å². The van der Waals surface area contributed by atoms with Crippen molar-refractivity contribution in [2.45, 2.75) is 26.1 Å². The summed E-state index contributed by atoms with van der Waals surface area (Å²) in [5.41, 5.74) is 3.08. The Kier molecular flexibility index (Phi) is 6.16. The van der Waals surface area contributed by atoms with E-state index in [-0.39, 0.29) is 18.1 Å². The SMILES string of the molecule is CCN1CCN(c2ccc(C(=O)N3CC(C)OC(c4ccccc4)C3)cc2)CC1. The van der Waals surface area contributed by atoms with Gasteiger partial charge in [-0.25, -0.2) is 0 Å². The Morgan fingerprint density at radius 2 is 1.66 bits per heavy atom. The van der Waals surface area contributed by atoms with Crippen LogP contribution in [0.5, 0.6) is 0 Å². The topological polar surface area (TPSA) is 36.0 Å². The second-order valence-corrected chi connectivity index (χ2v) is 8.02. The van der Waals surface area contributed by atoms with Crippen LogP contribution in [0.25, 0.3) is 0 Å². The zero-order chi connectivity index (χ0) is 20.2. The normalized spacial score (nSPS) is 23.2. The average molecular weight is 394 g/mol. The maximum Gasteiger partial charge on any atom is 0.254 e. The van der Waals surface area contributed by atoms with Gasteiger partial charge < -0.3 is 19.4 Å². The van der Waals surface area contributed by atoms with Gasteiger partial charge in [0, 0.05) is 44.0 Å². The Balaban J connectivity index is 1.42. The lowest BCUT2D eigenvalue weighted by Crippen LogP contribution is -2.46. The molecule has 2 heterocycles. The van der Waals surface area contributed by atoms with Gasteiger partial charge in [0.15, 0.2) is 0 Å². The smallest absolute Gasteiger partial charge is 0.254 e. The quantitative estimate of drug-likeness (QED) is 0.797. The lowest BCUT2D eigenvalue weighted by atomic mass is 10.1. The summed E-state index contributed by atoms with van der Waals surface area (Å²) in [4.78, 5) is 19.9. The molecule has 0 saturated carbocycles. The molecular formula is C24H31N3O2. The van der Waals surface area contributed by atoms with Gasteiger partial charge in [0.25, 0.3) is 5.91 Å². The fourth-order valence-corrected chi connectivity index (χ4v) is 4.29. The fourth-order valence-electron chi connectivity index (χ4n) is 4.29. The summed E-state index contributed by atoms with van der Waals surface area (Å²) in [5.74, 6) is 0.0865. The minimum Gasteiger partial charge on any atom is -0.369 e. The first-order chi connectivity index (χ1) is 14.1. The van der Waals surface area contributed by atoms with E-state index in [0.717, 1.165) is 43.9 Å². The van der Waals surface area contributed by atoms with E-state index in [0.29, 0.717) is 13.1 Å². The van der Waals surface area contributed by atoms with Crippen molar-refractivity contribution in [1.29, 1.82) is 0 Å². The largest absolute Gasteiger partial charge is 0.369 e. The van der Waals surface area contributed by atoms with E-state index < -0.39 is 0 Å². The van der Waals surface area contributed by atoms with Crippen LogP contribution in [-0.2, 0) is 4.74 Å². The van der Waals surface area contributed by atoms with Gasteiger partial charge in [-0.2, -0.15) is 0 Å². The molecule has 4 rings (SSSR count). The van der Waals surface area contributed by atoms with Gasteiger partial charge in [-0.3, -0.25) is 4.79 Å². The van der Waals surface area contributed by atoms with E-state index in [1.165, 1.54) is 5.69 Å². The molecule has 2 atom stereocenters. The van der Waals surface area contributed by atoms with Crippen molar-refractivity contribution >= 4 is 11.6 Å². The number of anilines is 1. The second kappa shape index (κ2) is 8.97. The zero-order valence-electron chi connectivity index (χ0n) is 17.5. The van der Waals surface area contributed by atoms with E-state index in [2.05, 4.69) is 41.0 Å². The molecule has 5 nitrogen and oxygen atoms in total. The Bertz CT molecular complexity index is 801. The highest BCUT2D eigenvalue weighted by atomic mass is 16.5. The molecule has 2 saturated heterocycles. The number of morpholine rings is 1. The van der Waals surface area contributed by atoms with Gasteiger partial charge in [0.1, 0.15) is 6.10 Å². The minimum atomic E-state index is -0.0713. The predicted octanol–water partition coefficient (Wildman–Crippen LogP) is 3.43. The van der Waals surface area contributed by atoms with Crippen LogP contribution in [0.2, 0.25) is 0 Å². The lowest BCUT2D eigenvalue weighted by molar-refractivity contribution is -0.0691. The van der Waals surface area contributed by atoms with Crippen molar-refractivity contribution in [3.63, 3.8) is 0 Å². The van der Waals surface area contributed by atoms with E-state index in [1.807, 2.05) is 42.2 Å². The van der Waals surface area contributed by atoms with Crippen LogP contribution in [0, 0.1) is 0 Å². The van der Waals surface area contributed by atoms with Crippen LogP contribution in [0.1, 0.15) is 35.9 Å². The highest BCUT2D eigenvalue weighted by molar-refractivity contribution is 5.94. The molecule has 154 valence electrons. The summed E-state index contributed by atoms with van der Waals surface area (Å²) in [6.07, 6.45) is -0.0509. The third-order valence-corrected chi connectivity index (χ3v) is 6.02. The zero-order valence-corrected chi connectivity index (χ0v) is 17.5. The molecule has 29 heavy (non-hydrogen) atoms. The van der Waals surface area contributed by atoms with Crippen LogP contribution in [-0.4, -0.2) is 67.6 Å². The van der Waals surface area contributed by atoms with E-state index >= 15 is 0 Å². The van der Waals surface area contributed by atoms with Crippen molar-refractivity contribution in [3.8, 4) is 0 Å². The molecule has 2 aromatic rings. The summed E-state index contributed by atoms with van der Waals surface area (Å²) < 4.78 is 6.10. The Morgan fingerprint density at radius 3 is 2.31 bits per heavy atom. The van der Waals surface area contributed by atoms with Crippen molar-refractivity contribution in [2.24, 2.45) is 0 Å². The van der Waals surface area contributed by atoms with Gasteiger partial charge in [0.2, 0.25) is 0 Å². The minimum absolute atomic E-state index is 0.0204. The first-order valence-electron chi connectivity index (χ1n) is 10.7. The molecule has 2 fully saturated rings. The molecule has 0 bridgehead atoms. The number of carbonyl (C=O) groups is 1. The molecule has 2 aliphatic rings. The summed E-state index contributed by atoms with van der Waals surface area (Å²) >= 11 is 0. The Morgan fingerprint density at radius 1 is 0.966 bits per heavy atom. The highest BCUT2D eigenvalue weighted by Crippen LogP contribution is 2.26. The number of hydrogen-bond donors (Lipinski definition) is 0. The van der Waals surface area contributed by atoms with Crippen molar-refractivity contribution in [3.05, 3.63) is 65.7 Å². The van der Waals surface area contributed by atoms with Gasteiger partial charge in [-0.15, -0.1) is 0 Å². The van der Waals surface area contributed by atoms with E-state index in [9.17, 15) is 4.79 Å². The standard InChI is InChI=1S/C24H31N3O2/c1-3-25-13-15-26(16-14-25)22-11-9-21(10-12-22)24(28)27-17-19(2)29-23(18-27)20-7-5-4-6-8-20/h4-12,19,23H,3,13-18H2,1-2H3. The number of amides is 1. The maximum atomic E-state index is 13.1. The first kappa shape index (κ1) is 19.9. The van der Waals surface area contributed by atoms with Gasteiger partial charge in [-0.1, -0.05) is 37.3 Å². The maximum absolute atomic E-state index is 13.1. The monoisotopic (exact) mass is 393 g/mol. The summed E-state index contributed by atoms with van der Waals surface area (Å²) in [5, 5.41) is 0.